The highest BCUT2D eigenvalue weighted by atomic mass is 15.3. The fraction of sp³-hybridized carbons (Fsp3) is 0.360. The molecule has 0 unspecified atom stereocenters. The molecule has 0 radical (unpaired) electrons. The molecule has 2 heterocycles. The van der Waals surface area contributed by atoms with Gasteiger partial charge in [-0.3, -0.25) is 0 Å². The van der Waals surface area contributed by atoms with Gasteiger partial charge in [-0.05, 0) is 50.5 Å². The van der Waals surface area contributed by atoms with Gasteiger partial charge in [-0.25, -0.2) is 9.67 Å². The summed E-state index contributed by atoms with van der Waals surface area (Å²) in [5.74, 6) is 1.76. The molecule has 1 atom stereocenters. The highest BCUT2D eigenvalue weighted by Crippen LogP contribution is 2.22. The van der Waals surface area contributed by atoms with Crippen molar-refractivity contribution in [2.75, 3.05) is 0 Å². The Morgan fingerprint density at radius 2 is 1.70 bits per heavy atom. The third-order valence-corrected chi connectivity index (χ3v) is 5.75. The Labute approximate surface area is 178 Å². The van der Waals surface area contributed by atoms with Crippen LogP contribution < -0.4 is 5.32 Å². The van der Waals surface area contributed by atoms with Crippen LogP contribution in [0, 0.1) is 12.8 Å². The topological polar surface area (TPSA) is 47.7 Å². The van der Waals surface area contributed by atoms with Crippen molar-refractivity contribution in [1.29, 1.82) is 0 Å². The number of hydrogen-bond donors (Lipinski definition) is 1. The number of aromatic nitrogens is 4. The molecule has 5 nitrogen and oxygen atoms in total. The van der Waals surface area contributed by atoms with Crippen molar-refractivity contribution in [2.24, 2.45) is 5.92 Å². The van der Waals surface area contributed by atoms with Gasteiger partial charge in [-0.1, -0.05) is 44.2 Å². The molecule has 0 aliphatic heterocycles. The molecule has 1 N–H and O–H groups in total. The van der Waals surface area contributed by atoms with Crippen LogP contribution in [0.25, 0.3) is 16.7 Å². The van der Waals surface area contributed by atoms with Crippen LogP contribution in [0.3, 0.4) is 0 Å². The van der Waals surface area contributed by atoms with E-state index in [1.54, 1.807) is 0 Å². The van der Waals surface area contributed by atoms with Crippen molar-refractivity contribution in [2.45, 2.75) is 53.2 Å². The average molecular weight is 402 g/mol. The molecular formula is C25H31N5. The van der Waals surface area contributed by atoms with Crippen molar-refractivity contribution >= 4 is 11.0 Å². The van der Waals surface area contributed by atoms with Gasteiger partial charge in [0, 0.05) is 23.8 Å². The first-order valence-electron chi connectivity index (χ1n) is 10.8. The lowest BCUT2D eigenvalue weighted by Crippen LogP contribution is -2.21. The summed E-state index contributed by atoms with van der Waals surface area (Å²) in [5.41, 5.74) is 5.75. The zero-order chi connectivity index (χ0) is 21.1. The minimum absolute atomic E-state index is 0.181. The van der Waals surface area contributed by atoms with E-state index in [0.29, 0.717) is 5.92 Å². The number of benzene rings is 2. The van der Waals surface area contributed by atoms with E-state index >= 15 is 0 Å². The van der Waals surface area contributed by atoms with Crippen LogP contribution in [0.15, 0.2) is 60.8 Å². The van der Waals surface area contributed by atoms with Crippen LogP contribution in [0.1, 0.15) is 50.3 Å². The van der Waals surface area contributed by atoms with E-state index in [-0.39, 0.29) is 6.04 Å². The number of para-hydroxylation sites is 3. The third kappa shape index (κ3) is 4.17. The Hall–Kier alpha value is -2.92. The Balaban J connectivity index is 1.53. The Kier molecular flexibility index (Phi) is 6.00. The van der Waals surface area contributed by atoms with Gasteiger partial charge >= 0.3 is 0 Å². The van der Waals surface area contributed by atoms with E-state index in [1.807, 2.05) is 29.1 Å². The Morgan fingerprint density at radius 3 is 2.47 bits per heavy atom. The number of fused-ring (bicyclic) bond motifs is 1. The first kappa shape index (κ1) is 20.4. The summed E-state index contributed by atoms with van der Waals surface area (Å²) in [6, 6.07) is 18.9. The lowest BCUT2D eigenvalue weighted by molar-refractivity contribution is 0.491. The number of aryl methyl sites for hydroxylation is 1. The standard InChI is InChI=1S/C25H31N5/c1-18(2)14-15-29-24-13-9-8-12-23(24)28-25(29)17-26-19(3)22-16-27-30(20(22)4)21-10-6-5-7-11-21/h5-13,16,18-19,26H,14-15,17H2,1-4H3/t19-/m0/s1. The van der Waals surface area contributed by atoms with Gasteiger partial charge in [0.15, 0.2) is 0 Å². The molecule has 2 aromatic carbocycles. The number of nitrogens with zero attached hydrogens (tertiary/aromatic N) is 4. The zero-order valence-corrected chi connectivity index (χ0v) is 18.3. The summed E-state index contributed by atoms with van der Waals surface area (Å²) < 4.78 is 4.38. The molecule has 2 aromatic heterocycles. The Morgan fingerprint density at radius 1 is 0.967 bits per heavy atom. The molecule has 0 saturated carbocycles. The zero-order valence-electron chi connectivity index (χ0n) is 18.3. The van der Waals surface area contributed by atoms with Gasteiger partial charge in [0.2, 0.25) is 0 Å². The first-order chi connectivity index (χ1) is 14.5. The quantitative estimate of drug-likeness (QED) is 0.428. The molecule has 0 bridgehead atoms. The maximum atomic E-state index is 4.91. The number of rotatable bonds is 8. The molecule has 4 rings (SSSR count). The molecule has 0 fully saturated rings. The number of imidazole rings is 1. The summed E-state index contributed by atoms with van der Waals surface area (Å²) in [6.07, 6.45) is 3.12. The molecule has 30 heavy (non-hydrogen) atoms. The predicted octanol–water partition coefficient (Wildman–Crippen LogP) is 5.43. The SMILES string of the molecule is Cc1c([C@H](C)NCc2nc3ccccc3n2CCC(C)C)cnn1-c1ccccc1. The lowest BCUT2D eigenvalue weighted by Gasteiger charge is -2.16. The molecular weight excluding hydrogens is 370 g/mol. The van der Waals surface area contributed by atoms with Crippen molar-refractivity contribution in [3.8, 4) is 5.69 Å². The van der Waals surface area contributed by atoms with Gasteiger partial charge in [0.05, 0.1) is 29.5 Å². The second kappa shape index (κ2) is 8.84. The fourth-order valence-corrected chi connectivity index (χ4v) is 3.93. The third-order valence-electron chi connectivity index (χ3n) is 5.75. The predicted molar refractivity (Wildman–Crippen MR) is 123 cm³/mol. The second-order valence-electron chi connectivity index (χ2n) is 8.39. The summed E-state index contributed by atoms with van der Waals surface area (Å²) in [7, 11) is 0. The summed E-state index contributed by atoms with van der Waals surface area (Å²) in [5, 5.41) is 8.29. The van der Waals surface area contributed by atoms with Crippen LogP contribution in [0.2, 0.25) is 0 Å². The van der Waals surface area contributed by atoms with Crippen molar-refractivity contribution < 1.29 is 0 Å². The van der Waals surface area contributed by atoms with E-state index in [9.17, 15) is 0 Å². The van der Waals surface area contributed by atoms with Gasteiger partial charge < -0.3 is 9.88 Å². The van der Waals surface area contributed by atoms with Crippen LogP contribution in [-0.2, 0) is 13.1 Å². The molecule has 0 saturated heterocycles. The smallest absolute Gasteiger partial charge is 0.123 e. The maximum absolute atomic E-state index is 4.91. The minimum Gasteiger partial charge on any atom is -0.327 e. The molecule has 0 spiro atoms. The second-order valence-corrected chi connectivity index (χ2v) is 8.39. The van der Waals surface area contributed by atoms with Crippen LogP contribution in [-0.4, -0.2) is 19.3 Å². The monoisotopic (exact) mass is 401 g/mol. The van der Waals surface area contributed by atoms with E-state index in [1.165, 1.54) is 11.1 Å². The highest BCUT2D eigenvalue weighted by Gasteiger charge is 2.16. The van der Waals surface area contributed by atoms with E-state index in [2.05, 4.69) is 79.1 Å². The maximum Gasteiger partial charge on any atom is 0.123 e. The van der Waals surface area contributed by atoms with Crippen LogP contribution >= 0.6 is 0 Å². The largest absolute Gasteiger partial charge is 0.327 e. The molecule has 0 amide bonds. The number of nitrogens with one attached hydrogen (secondary N) is 1. The molecule has 156 valence electrons. The molecule has 0 aliphatic carbocycles. The molecule has 5 heteroatoms. The van der Waals surface area contributed by atoms with Gasteiger partial charge in [0.25, 0.3) is 0 Å². The Bertz CT molecular complexity index is 1110. The van der Waals surface area contributed by atoms with Crippen molar-refractivity contribution in [3.05, 3.63) is 77.9 Å². The van der Waals surface area contributed by atoms with Crippen LogP contribution in [0.5, 0.6) is 0 Å². The number of hydrogen-bond acceptors (Lipinski definition) is 3. The lowest BCUT2D eigenvalue weighted by atomic mass is 10.1. The summed E-state index contributed by atoms with van der Waals surface area (Å²) in [6.45, 7) is 10.6. The van der Waals surface area contributed by atoms with E-state index < -0.39 is 0 Å². The fourth-order valence-electron chi connectivity index (χ4n) is 3.93. The molecule has 4 aromatic rings. The van der Waals surface area contributed by atoms with E-state index in [0.717, 1.165) is 42.2 Å². The summed E-state index contributed by atoms with van der Waals surface area (Å²) in [4.78, 5) is 4.91. The highest BCUT2D eigenvalue weighted by molar-refractivity contribution is 5.75. The minimum atomic E-state index is 0.181. The van der Waals surface area contributed by atoms with Crippen LogP contribution in [0.4, 0.5) is 0 Å². The van der Waals surface area contributed by atoms with E-state index in [4.69, 9.17) is 4.98 Å². The molecule has 0 aliphatic rings. The van der Waals surface area contributed by atoms with Gasteiger partial charge in [-0.15, -0.1) is 0 Å². The summed E-state index contributed by atoms with van der Waals surface area (Å²) >= 11 is 0. The normalized spacial score (nSPS) is 12.7. The van der Waals surface area contributed by atoms with Crippen molar-refractivity contribution in [3.63, 3.8) is 0 Å². The van der Waals surface area contributed by atoms with Gasteiger partial charge in [-0.2, -0.15) is 5.10 Å². The van der Waals surface area contributed by atoms with Gasteiger partial charge in [0.1, 0.15) is 5.82 Å². The first-order valence-corrected chi connectivity index (χ1v) is 10.8. The average Bonchev–Trinajstić information content (AvgIpc) is 3.31. The van der Waals surface area contributed by atoms with Crippen molar-refractivity contribution in [1.82, 2.24) is 24.6 Å².